The van der Waals surface area contributed by atoms with Gasteiger partial charge >= 0.3 is 5.97 Å². The molecule has 0 radical (unpaired) electrons. The van der Waals surface area contributed by atoms with Crippen LogP contribution in [0.15, 0.2) is 48.5 Å². The number of nitrogens with one attached hydrogen (secondary N) is 1. The Morgan fingerprint density at radius 2 is 1.80 bits per heavy atom. The molecule has 6 nitrogen and oxygen atoms in total. The van der Waals surface area contributed by atoms with E-state index in [4.69, 9.17) is 9.47 Å². The van der Waals surface area contributed by atoms with Crippen LogP contribution in [0.5, 0.6) is 5.75 Å². The lowest BCUT2D eigenvalue weighted by molar-refractivity contribution is -0.157. The fourth-order valence-corrected chi connectivity index (χ4v) is 2.65. The van der Waals surface area contributed by atoms with Crippen LogP contribution >= 0.6 is 0 Å². The van der Waals surface area contributed by atoms with E-state index in [-0.39, 0.29) is 25.4 Å². The summed E-state index contributed by atoms with van der Waals surface area (Å²) in [5, 5.41) is 12.2. The molecule has 0 aliphatic carbocycles. The first kappa shape index (κ1) is 23.3. The molecule has 0 aromatic heterocycles. The largest absolute Gasteiger partial charge is 0.489 e. The molecule has 162 valence electrons. The molecular formula is C23H28FNO5. The molecule has 2 aromatic carbocycles. The molecule has 0 spiro atoms. The lowest BCUT2D eigenvalue weighted by Crippen LogP contribution is -2.35. The van der Waals surface area contributed by atoms with E-state index in [2.05, 4.69) is 5.32 Å². The quantitative estimate of drug-likeness (QED) is 0.611. The van der Waals surface area contributed by atoms with Gasteiger partial charge in [-0.05, 0) is 56.2 Å². The highest BCUT2D eigenvalue weighted by molar-refractivity contribution is 5.83. The van der Waals surface area contributed by atoms with Crippen LogP contribution in [0.4, 0.5) is 4.39 Å². The molecular weight excluding hydrogens is 389 g/mol. The van der Waals surface area contributed by atoms with Crippen molar-refractivity contribution in [2.75, 3.05) is 6.61 Å². The Hall–Kier alpha value is -2.93. The van der Waals surface area contributed by atoms with Crippen LogP contribution in [-0.2, 0) is 27.5 Å². The minimum atomic E-state index is -0.867. The second-order valence-corrected chi connectivity index (χ2v) is 7.95. The Morgan fingerprint density at radius 1 is 1.10 bits per heavy atom. The van der Waals surface area contributed by atoms with Crippen molar-refractivity contribution >= 4 is 11.9 Å². The van der Waals surface area contributed by atoms with Crippen molar-refractivity contribution in [2.24, 2.45) is 5.92 Å². The van der Waals surface area contributed by atoms with Gasteiger partial charge in [0.15, 0.2) is 0 Å². The second kappa shape index (κ2) is 10.7. The third-order valence-electron chi connectivity index (χ3n) is 4.11. The Kier molecular flexibility index (Phi) is 8.35. The zero-order valence-corrected chi connectivity index (χ0v) is 17.5. The average Bonchev–Trinajstić information content (AvgIpc) is 2.68. The molecule has 0 aliphatic rings. The highest BCUT2D eigenvalue weighted by Crippen LogP contribution is 2.16. The summed E-state index contributed by atoms with van der Waals surface area (Å²) in [6, 6.07) is 13.3. The van der Waals surface area contributed by atoms with E-state index in [1.807, 2.05) is 0 Å². The van der Waals surface area contributed by atoms with E-state index in [1.165, 1.54) is 12.1 Å². The maximum atomic E-state index is 13.2. The summed E-state index contributed by atoms with van der Waals surface area (Å²) in [6.07, 6.45) is -0.188. The van der Waals surface area contributed by atoms with E-state index >= 15 is 0 Å². The van der Waals surface area contributed by atoms with E-state index in [1.54, 1.807) is 57.2 Å². The number of benzene rings is 2. The fourth-order valence-electron chi connectivity index (χ4n) is 2.65. The smallest absolute Gasteiger partial charge is 0.307 e. The van der Waals surface area contributed by atoms with Gasteiger partial charge in [-0.3, -0.25) is 9.59 Å². The summed E-state index contributed by atoms with van der Waals surface area (Å²) >= 11 is 0. The highest BCUT2D eigenvalue weighted by atomic mass is 19.1. The van der Waals surface area contributed by atoms with Crippen LogP contribution in [0.25, 0.3) is 0 Å². The first-order valence-electron chi connectivity index (χ1n) is 9.73. The van der Waals surface area contributed by atoms with Gasteiger partial charge in [0, 0.05) is 6.54 Å². The molecule has 0 heterocycles. The first-order valence-corrected chi connectivity index (χ1v) is 9.73. The van der Waals surface area contributed by atoms with Gasteiger partial charge in [-0.1, -0.05) is 24.3 Å². The predicted octanol–water partition coefficient (Wildman–Crippen LogP) is 3.36. The normalized spacial score (nSPS) is 12.2. The molecule has 2 N–H and O–H groups in total. The third-order valence-corrected chi connectivity index (χ3v) is 4.11. The molecule has 0 saturated heterocycles. The number of rotatable bonds is 9. The highest BCUT2D eigenvalue weighted by Gasteiger charge is 2.24. The molecule has 0 fully saturated rings. The van der Waals surface area contributed by atoms with Gasteiger partial charge in [0.05, 0.1) is 18.9 Å². The number of aliphatic hydroxyl groups is 1. The molecule has 1 amide bonds. The molecule has 0 bridgehead atoms. The van der Waals surface area contributed by atoms with Crippen molar-refractivity contribution in [3.05, 3.63) is 65.5 Å². The second-order valence-electron chi connectivity index (χ2n) is 7.95. The number of hydrogen-bond donors (Lipinski definition) is 2. The minimum Gasteiger partial charge on any atom is -0.489 e. The number of hydrogen-bond acceptors (Lipinski definition) is 5. The summed E-state index contributed by atoms with van der Waals surface area (Å²) in [6.45, 7) is 5.27. The number of amides is 1. The van der Waals surface area contributed by atoms with Crippen molar-refractivity contribution in [3.8, 4) is 5.75 Å². The molecule has 30 heavy (non-hydrogen) atoms. The number of carbonyl (C=O) groups is 2. The minimum absolute atomic E-state index is 0.188. The maximum absolute atomic E-state index is 13.2. The van der Waals surface area contributed by atoms with Gasteiger partial charge in [0.1, 0.15) is 23.8 Å². The summed E-state index contributed by atoms with van der Waals surface area (Å²) in [4.78, 5) is 24.1. The zero-order chi connectivity index (χ0) is 22.1. The molecule has 2 rings (SSSR count). The van der Waals surface area contributed by atoms with Crippen LogP contribution in [0.2, 0.25) is 0 Å². The van der Waals surface area contributed by atoms with Gasteiger partial charge in [-0.2, -0.15) is 0 Å². The summed E-state index contributed by atoms with van der Waals surface area (Å²) in [5.41, 5.74) is 0.910. The molecule has 2 aromatic rings. The van der Waals surface area contributed by atoms with Crippen LogP contribution < -0.4 is 10.1 Å². The molecule has 7 heteroatoms. The maximum Gasteiger partial charge on any atom is 0.307 e. The van der Waals surface area contributed by atoms with Gasteiger partial charge in [0.2, 0.25) is 5.91 Å². The van der Waals surface area contributed by atoms with Crippen molar-refractivity contribution in [3.63, 3.8) is 0 Å². The van der Waals surface area contributed by atoms with Crippen LogP contribution in [0, 0.1) is 11.7 Å². The Bertz CT molecular complexity index is 845. The SMILES string of the molecule is CC(C)(C)OC(=O)C[C@@H](CO)C(=O)NCc1ccc(OCc2cccc(F)c2)cc1. The van der Waals surface area contributed by atoms with Crippen molar-refractivity contribution in [1.29, 1.82) is 0 Å². The fraction of sp³-hybridized carbons (Fsp3) is 0.391. The van der Waals surface area contributed by atoms with E-state index < -0.39 is 30.0 Å². The summed E-state index contributed by atoms with van der Waals surface area (Å²) < 4.78 is 24.0. The van der Waals surface area contributed by atoms with Crippen molar-refractivity contribution in [1.82, 2.24) is 5.32 Å². The van der Waals surface area contributed by atoms with Gasteiger partial charge in [0.25, 0.3) is 0 Å². The lowest BCUT2D eigenvalue weighted by atomic mass is 10.1. The third kappa shape index (κ3) is 8.21. The Labute approximate surface area is 176 Å². The van der Waals surface area contributed by atoms with Crippen LogP contribution in [0.3, 0.4) is 0 Å². The molecule has 1 atom stereocenters. The topological polar surface area (TPSA) is 84.9 Å². The van der Waals surface area contributed by atoms with Crippen molar-refractivity contribution in [2.45, 2.75) is 45.9 Å². The number of ether oxygens (including phenoxy) is 2. The zero-order valence-electron chi connectivity index (χ0n) is 17.5. The van der Waals surface area contributed by atoms with Gasteiger partial charge < -0.3 is 19.9 Å². The van der Waals surface area contributed by atoms with E-state index in [0.29, 0.717) is 5.75 Å². The number of halogens is 1. The molecule has 0 aliphatic heterocycles. The summed E-state index contributed by atoms with van der Waals surface area (Å²) in [5.74, 6) is -1.51. The predicted molar refractivity (Wildman–Crippen MR) is 110 cm³/mol. The van der Waals surface area contributed by atoms with Crippen molar-refractivity contribution < 1.29 is 28.6 Å². The van der Waals surface area contributed by atoms with Crippen LogP contribution in [0.1, 0.15) is 38.3 Å². The number of esters is 1. The average molecular weight is 417 g/mol. The Balaban J connectivity index is 1.81. The molecule has 0 saturated carbocycles. The van der Waals surface area contributed by atoms with Gasteiger partial charge in [-0.25, -0.2) is 4.39 Å². The van der Waals surface area contributed by atoms with E-state index in [9.17, 15) is 19.1 Å². The lowest BCUT2D eigenvalue weighted by Gasteiger charge is -2.21. The summed E-state index contributed by atoms with van der Waals surface area (Å²) in [7, 11) is 0. The first-order chi connectivity index (χ1) is 14.2. The Morgan fingerprint density at radius 3 is 2.40 bits per heavy atom. The van der Waals surface area contributed by atoms with Gasteiger partial charge in [-0.15, -0.1) is 0 Å². The number of aliphatic hydroxyl groups excluding tert-OH is 1. The molecule has 0 unspecified atom stereocenters. The van der Waals surface area contributed by atoms with E-state index in [0.717, 1.165) is 11.1 Å². The van der Waals surface area contributed by atoms with Crippen LogP contribution in [-0.4, -0.2) is 29.2 Å². The monoisotopic (exact) mass is 417 g/mol. The number of carbonyl (C=O) groups excluding carboxylic acids is 2. The standard InChI is InChI=1S/C23H28FNO5/c1-23(2,3)30-21(27)12-18(14-26)22(28)25-13-16-7-9-20(10-8-16)29-15-17-5-4-6-19(24)11-17/h4-11,18,26H,12-15H2,1-3H3,(H,25,28)/t18-/m0/s1.